The molecule has 3 N–H and O–H groups in total. The van der Waals surface area contributed by atoms with Gasteiger partial charge in [-0.1, -0.05) is 30.0 Å². The van der Waals surface area contributed by atoms with Gasteiger partial charge < -0.3 is 10.7 Å². The maximum Gasteiger partial charge on any atom is 0.166 e. The summed E-state index contributed by atoms with van der Waals surface area (Å²) in [6, 6.07) is 6.19. The van der Waals surface area contributed by atoms with E-state index < -0.39 is 0 Å². The molecule has 0 radical (unpaired) electrons. The van der Waals surface area contributed by atoms with Crippen LogP contribution in [0.25, 0.3) is 11.0 Å². The van der Waals surface area contributed by atoms with E-state index in [1.54, 1.807) is 11.8 Å². The van der Waals surface area contributed by atoms with Crippen LogP contribution >= 0.6 is 24.0 Å². The molecule has 0 bridgehead atoms. The summed E-state index contributed by atoms with van der Waals surface area (Å²) in [7, 11) is 0. The number of aromatic nitrogens is 2. The molecule has 0 saturated carbocycles. The summed E-state index contributed by atoms with van der Waals surface area (Å²) in [5, 5.41) is 0.928. The van der Waals surface area contributed by atoms with Crippen LogP contribution in [0.3, 0.4) is 0 Å². The average Bonchev–Trinajstić information content (AvgIpc) is 2.58. The Morgan fingerprint density at radius 1 is 1.56 bits per heavy atom. The van der Waals surface area contributed by atoms with Crippen LogP contribution in [0, 0.1) is 6.92 Å². The molecular weight excluding hydrogens is 238 g/mol. The van der Waals surface area contributed by atoms with Crippen molar-refractivity contribution in [3.8, 4) is 0 Å². The standard InChI is InChI=1S/C11H13N3S2/c1-7-2-3-8-9(6-7)14-11(13-8)16-5-4-10(12)15/h2-3,6H,4-5H2,1H3,(H2,12,15)(H,13,14). The maximum absolute atomic E-state index is 5.44. The first kappa shape index (κ1) is 11.4. The van der Waals surface area contributed by atoms with Gasteiger partial charge in [-0.2, -0.15) is 0 Å². The molecule has 0 aliphatic carbocycles. The minimum Gasteiger partial charge on any atom is -0.393 e. The van der Waals surface area contributed by atoms with Gasteiger partial charge in [-0.25, -0.2) is 4.98 Å². The third-order valence-corrected chi connectivity index (χ3v) is 3.28. The van der Waals surface area contributed by atoms with E-state index in [4.69, 9.17) is 18.0 Å². The van der Waals surface area contributed by atoms with Crippen LogP contribution in [0.2, 0.25) is 0 Å². The van der Waals surface area contributed by atoms with Crippen molar-refractivity contribution in [2.45, 2.75) is 18.5 Å². The Balaban J connectivity index is 2.10. The monoisotopic (exact) mass is 251 g/mol. The number of hydrogen-bond donors (Lipinski definition) is 2. The van der Waals surface area contributed by atoms with Crippen molar-refractivity contribution in [2.75, 3.05) is 5.75 Å². The number of fused-ring (bicyclic) bond motifs is 1. The highest BCUT2D eigenvalue weighted by molar-refractivity contribution is 7.99. The van der Waals surface area contributed by atoms with E-state index in [-0.39, 0.29) is 0 Å². The highest BCUT2D eigenvalue weighted by Crippen LogP contribution is 2.20. The Morgan fingerprint density at radius 2 is 2.38 bits per heavy atom. The third kappa shape index (κ3) is 2.74. The van der Waals surface area contributed by atoms with Crippen molar-refractivity contribution in [3.05, 3.63) is 23.8 Å². The number of hydrogen-bond acceptors (Lipinski definition) is 3. The lowest BCUT2D eigenvalue weighted by atomic mass is 10.2. The lowest BCUT2D eigenvalue weighted by molar-refractivity contribution is 1.08. The Kier molecular flexibility index (Phi) is 3.46. The summed E-state index contributed by atoms with van der Waals surface area (Å²) < 4.78 is 0. The molecule has 0 atom stereocenters. The van der Waals surface area contributed by atoms with Crippen LogP contribution in [-0.4, -0.2) is 20.7 Å². The highest BCUT2D eigenvalue weighted by atomic mass is 32.2. The van der Waals surface area contributed by atoms with Gasteiger partial charge in [-0.15, -0.1) is 0 Å². The predicted molar refractivity (Wildman–Crippen MR) is 73.0 cm³/mol. The van der Waals surface area contributed by atoms with E-state index >= 15 is 0 Å². The summed E-state index contributed by atoms with van der Waals surface area (Å²) in [4.78, 5) is 8.31. The molecule has 0 fully saturated rings. The molecule has 16 heavy (non-hydrogen) atoms. The number of nitrogens with one attached hydrogen (secondary N) is 1. The van der Waals surface area contributed by atoms with Crippen molar-refractivity contribution in [2.24, 2.45) is 5.73 Å². The largest absolute Gasteiger partial charge is 0.393 e. The van der Waals surface area contributed by atoms with Gasteiger partial charge in [0.25, 0.3) is 0 Å². The third-order valence-electron chi connectivity index (χ3n) is 2.20. The first-order valence-corrected chi connectivity index (χ1v) is 6.42. The molecule has 1 heterocycles. The zero-order valence-electron chi connectivity index (χ0n) is 8.99. The lowest BCUT2D eigenvalue weighted by Gasteiger charge is -1.95. The lowest BCUT2D eigenvalue weighted by Crippen LogP contribution is -2.08. The van der Waals surface area contributed by atoms with Gasteiger partial charge in [0.2, 0.25) is 0 Å². The van der Waals surface area contributed by atoms with Gasteiger partial charge in [-0.05, 0) is 24.6 Å². The normalized spacial score (nSPS) is 10.8. The summed E-state index contributed by atoms with van der Waals surface area (Å²) in [5.41, 5.74) is 8.76. The molecule has 0 spiro atoms. The SMILES string of the molecule is Cc1ccc2nc(SCCC(N)=S)[nH]c2c1. The van der Waals surface area contributed by atoms with Gasteiger partial charge in [0, 0.05) is 12.2 Å². The molecule has 0 aliphatic rings. The number of aromatic amines is 1. The van der Waals surface area contributed by atoms with Crippen molar-refractivity contribution < 1.29 is 0 Å². The number of aryl methyl sites for hydroxylation is 1. The van der Waals surface area contributed by atoms with E-state index in [2.05, 4.69) is 29.0 Å². The van der Waals surface area contributed by atoms with Gasteiger partial charge in [0.05, 0.1) is 16.0 Å². The van der Waals surface area contributed by atoms with Crippen molar-refractivity contribution in [3.63, 3.8) is 0 Å². The summed E-state index contributed by atoms with van der Waals surface area (Å²) in [6.45, 7) is 2.07. The van der Waals surface area contributed by atoms with E-state index in [1.165, 1.54) is 5.56 Å². The van der Waals surface area contributed by atoms with Crippen LogP contribution in [-0.2, 0) is 0 Å². The van der Waals surface area contributed by atoms with Crippen LogP contribution in [0.15, 0.2) is 23.4 Å². The smallest absolute Gasteiger partial charge is 0.166 e. The Morgan fingerprint density at radius 3 is 3.12 bits per heavy atom. The Bertz CT molecular complexity index is 519. The van der Waals surface area contributed by atoms with Gasteiger partial charge in [0.1, 0.15) is 0 Å². The molecule has 1 aromatic carbocycles. The number of rotatable bonds is 4. The number of thioether (sulfide) groups is 1. The van der Waals surface area contributed by atoms with Gasteiger partial charge in [-0.3, -0.25) is 0 Å². The van der Waals surface area contributed by atoms with Crippen molar-refractivity contribution >= 4 is 40.0 Å². The second-order valence-corrected chi connectivity index (χ2v) is 5.24. The van der Waals surface area contributed by atoms with Gasteiger partial charge in [0.15, 0.2) is 5.16 Å². The zero-order valence-corrected chi connectivity index (χ0v) is 10.6. The maximum atomic E-state index is 5.44. The topological polar surface area (TPSA) is 54.7 Å². The molecular formula is C11H13N3S2. The molecule has 1 aromatic heterocycles. The number of imidazole rings is 1. The molecule has 2 rings (SSSR count). The zero-order chi connectivity index (χ0) is 11.5. The van der Waals surface area contributed by atoms with Crippen LogP contribution in [0.4, 0.5) is 0 Å². The molecule has 0 aliphatic heterocycles. The highest BCUT2D eigenvalue weighted by Gasteiger charge is 2.03. The van der Waals surface area contributed by atoms with Crippen molar-refractivity contribution in [1.82, 2.24) is 9.97 Å². The van der Waals surface area contributed by atoms with Crippen LogP contribution < -0.4 is 5.73 Å². The summed E-state index contributed by atoms with van der Waals surface area (Å²) >= 11 is 6.47. The van der Waals surface area contributed by atoms with E-state index in [0.717, 1.165) is 28.4 Å². The fraction of sp³-hybridized carbons (Fsp3) is 0.273. The quantitative estimate of drug-likeness (QED) is 0.648. The molecule has 0 unspecified atom stereocenters. The van der Waals surface area contributed by atoms with Crippen molar-refractivity contribution in [1.29, 1.82) is 0 Å². The van der Waals surface area contributed by atoms with E-state index in [0.29, 0.717) is 4.99 Å². The number of benzene rings is 1. The molecule has 0 amide bonds. The summed E-state index contributed by atoms with van der Waals surface area (Å²) in [6.07, 6.45) is 0.746. The summed E-state index contributed by atoms with van der Waals surface area (Å²) in [5.74, 6) is 0.869. The van der Waals surface area contributed by atoms with E-state index in [1.807, 2.05) is 6.07 Å². The second-order valence-electron chi connectivity index (χ2n) is 3.63. The molecule has 2 aromatic rings. The Hall–Kier alpha value is -1.07. The number of H-pyrrole nitrogens is 1. The molecule has 3 nitrogen and oxygen atoms in total. The second kappa shape index (κ2) is 4.84. The number of nitrogens with two attached hydrogens (primary N) is 1. The fourth-order valence-electron chi connectivity index (χ4n) is 1.42. The minimum absolute atomic E-state index is 0.555. The van der Waals surface area contributed by atoms with Crippen LogP contribution in [0.5, 0.6) is 0 Å². The molecule has 5 heteroatoms. The van der Waals surface area contributed by atoms with Crippen LogP contribution in [0.1, 0.15) is 12.0 Å². The minimum atomic E-state index is 0.555. The molecule has 0 saturated heterocycles. The first-order chi connectivity index (χ1) is 7.65. The fourth-order valence-corrected chi connectivity index (χ4v) is 2.51. The first-order valence-electron chi connectivity index (χ1n) is 5.02. The number of thiocarbonyl (C=S) groups is 1. The average molecular weight is 251 g/mol. The van der Waals surface area contributed by atoms with Gasteiger partial charge >= 0.3 is 0 Å². The number of nitrogens with zero attached hydrogens (tertiary/aromatic N) is 1. The predicted octanol–water partition coefficient (Wildman–Crippen LogP) is 2.64. The Labute approximate surface area is 104 Å². The van der Waals surface area contributed by atoms with E-state index in [9.17, 15) is 0 Å². The molecule has 84 valence electrons.